The minimum atomic E-state index is -0.00968. The van der Waals surface area contributed by atoms with E-state index in [0.29, 0.717) is 5.02 Å². The quantitative estimate of drug-likeness (QED) is 0.812. The molecule has 0 bridgehead atoms. The second kappa shape index (κ2) is 7.75. The Labute approximate surface area is 128 Å². The third-order valence-electron chi connectivity index (χ3n) is 2.82. The van der Waals surface area contributed by atoms with Crippen LogP contribution in [-0.4, -0.2) is 18.5 Å². The van der Waals surface area contributed by atoms with E-state index in [2.05, 4.69) is 33.5 Å². The van der Waals surface area contributed by atoms with Crippen molar-refractivity contribution in [2.75, 3.05) is 11.9 Å². The van der Waals surface area contributed by atoms with E-state index in [1.165, 1.54) is 0 Å². The molecule has 19 heavy (non-hydrogen) atoms. The topological polar surface area (TPSA) is 41.1 Å². The summed E-state index contributed by atoms with van der Waals surface area (Å²) in [5, 5.41) is 6.72. The van der Waals surface area contributed by atoms with Gasteiger partial charge in [0.2, 0.25) is 5.91 Å². The molecule has 5 heteroatoms. The lowest BCUT2D eigenvalue weighted by Crippen LogP contribution is -2.36. The largest absolute Gasteiger partial charge is 0.375 e. The lowest BCUT2D eigenvalue weighted by atomic mass is 10.2. The van der Waals surface area contributed by atoms with Crippen molar-refractivity contribution in [1.82, 2.24) is 5.32 Å². The highest BCUT2D eigenvalue weighted by molar-refractivity contribution is 9.10. The second-order valence-corrected chi connectivity index (χ2v) is 5.95. The van der Waals surface area contributed by atoms with Gasteiger partial charge in [0.15, 0.2) is 0 Å². The summed E-state index contributed by atoms with van der Waals surface area (Å²) in [5.74, 6) is -0.00968. The molecule has 1 unspecified atom stereocenters. The zero-order chi connectivity index (χ0) is 14.4. The monoisotopic (exact) mass is 346 g/mol. The minimum absolute atomic E-state index is 0.00968. The first kappa shape index (κ1) is 16.3. The lowest BCUT2D eigenvalue weighted by Gasteiger charge is -2.14. The fourth-order valence-corrected chi connectivity index (χ4v) is 2.55. The van der Waals surface area contributed by atoms with Crippen molar-refractivity contribution >= 4 is 39.1 Å². The fraction of sp³-hybridized carbons (Fsp3) is 0.500. The van der Waals surface area contributed by atoms with Crippen molar-refractivity contribution in [3.8, 4) is 0 Å². The van der Waals surface area contributed by atoms with Gasteiger partial charge in [0, 0.05) is 15.5 Å². The lowest BCUT2D eigenvalue weighted by molar-refractivity contribution is -0.120. The Balaban J connectivity index is 2.53. The Bertz CT molecular complexity index is 451. The maximum absolute atomic E-state index is 11.7. The number of carbonyl (C=O) groups is 1. The molecule has 1 atom stereocenters. The van der Waals surface area contributed by atoms with Crippen molar-refractivity contribution in [3.63, 3.8) is 0 Å². The predicted octanol–water partition coefficient (Wildman–Crippen LogP) is 4.13. The van der Waals surface area contributed by atoms with Gasteiger partial charge in [-0.2, -0.15) is 0 Å². The summed E-state index contributed by atoms with van der Waals surface area (Å²) in [7, 11) is 0. The van der Waals surface area contributed by atoms with E-state index < -0.39 is 0 Å². The van der Waals surface area contributed by atoms with E-state index in [0.717, 1.165) is 28.6 Å². The van der Waals surface area contributed by atoms with Crippen LogP contribution in [0, 0.1) is 6.92 Å². The van der Waals surface area contributed by atoms with Gasteiger partial charge in [-0.05, 0) is 53.9 Å². The van der Waals surface area contributed by atoms with Crippen LogP contribution in [0.3, 0.4) is 0 Å². The number of hydrogen-bond acceptors (Lipinski definition) is 2. The van der Waals surface area contributed by atoms with E-state index in [1.807, 2.05) is 26.0 Å². The SMILES string of the molecule is CCCC(C)NC(=O)CNc1cc(Cl)c(C)cc1Br. The molecular formula is C14H20BrClN2O. The Morgan fingerprint density at radius 2 is 2.16 bits per heavy atom. The second-order valence-electron chi connectivity index (χ2n) is 4.69. The van der Waals surface area contributed by atoms with E-state index in [4.69, 9.17) is 11.6 Å². The van der Waals surface area contributed by atoms with E-state index in [9.17, 15) is 4.79 Å². The molecule has 1 aromatic carbocycles. The number of carbonyl (C=O) groups excluding carboxylic acids is 1. The number of nitrogens with one attached hydrogen (secondary N) is 2. The summed E-state index contributed by atoms with van der Waals surface area (Å²) in [4.78, 5) is 11.7. The molecule has 0 aliphatic heterocycles. The van der Waals surface area contributed by atoms with E-state index in [-0.39, 0.29) is 18.5 Å². The third-order valence-corrected chi connectivity index (χ3v) is 3.88. The zero-order valence-corrected chi connectivity index (χ0v) is 13.9. The number of rotatable bonds is 6. The van der Waals surface area contributed by atoms with Gasteiger partial charge < -0.3 is 10.6 Å². The minimum Gasteiger partial charge on any atom is -0.375 e. The molecule has 2 N–H and O–H groups in total. The first-order valence-corrected chi connectivity index (χ1v) is 7.60. The average Bonchev–Trinajstić information content (AvgIpc) is 2.32. The van der Waals surface area contributed by atoms with Crippen molar-refractivity contribution in [1.29, 1.82) is 0 Å². The average molecular weight is 348 g/mol. The van der Waals surface area contributed by atoms with Gasteiger partial charge in [-0.15, -0.1) is 0 Å². The molecule has 0 aromatic heterocycles. The number of hydrogen-bond donors (Lipinski definition) is 2. The summed E-state index contributed by atoms with van der Waals surface area (Å²) in [6.45, 7) is 6.30. The van der Waals surface area contributed by atoms with Crippen molar-refractivity contribution in [3.05, 3.63) is 27.2 Å². The van der Waals surface area contributed by atoms with Crippen LogP contribution in [0.2, 0.25) is 5.02 Å². The number of halogens is 2. The van der Waals surface area contributed by atoms with Crippen LogP contribution >= 0.6 is 27.5 Å². The van der Waals surface area contributed by atoms with E-state index >= 15 is 0 Å². The van der Waals surface area contributed by atoms with E-state index in [1.54, 1.807) is 0 Å². The van der Waals surface area contributed by atoms with Crippen LogP contribution in [-0.2, 0) is 4.79 Å². The standard InChI is InChI=1S/C14H20BrClN2O/c1-4-5-10(3)18-14(19)8-17-13-7-12(16)9(2)6-11(13)15/h6-7,10,17H,4-5,8H2,1-3H3,(H,18,19). The molecule has 0 aliphatic rings. The van der Waals surface area contributed by atoms with Crippen LogP contribution in [0.4, 0.5) is 5.69 Å². The van der Waals surface area contributed by atoms with Gasteiger partial charge in [0.1, 0.15) is 0 Å². The predicted molar refractivity (Wildman–Crippen MR) is 84.9 cm³/mol. The maximum Gasteiger partial charge on any atom is 0.239 e. The van der Waals surface area contributed by atoms with Gasteiger partial charge in [-0.1, -0.05) is 24.9 Å². The molecule has 1 amide bonds. The summed E-state index contributed by atoms with van der Waals surface area (Å²) >= 11 is 9.52. The number of aryl methyl sites for hydroxylation is 1. The number of anilines is 1. The third kappa shape index (κ3) is 5.41. The van der Waals surface area contributed by atoms with Gasteiger partial charge >= 0.3 is 0 Å². The van der Waals surface area contributed by atoms with Gasteiger partial charge in [-0.3, -0.25) is 4.79 Å². The Morgan fingerprint density at radius 3 is 2.79 bits per heavy atom. The van der Waals surface area contributed by atoms with Crippen LogP contribution in [0.5, 0.6) is 0 Å². The molecule has 1 rings (SSSR count). The van der Waals surface area contributed by atoms with Crippen molar-refractivity contribution in [2.24, 2.45) is 0 Å². The Kier molecular flexibility index (Phi) is 6.66. The number of amides is 1. The summed E-state index contributed by atoms with van der Waals surface area (Å²) in [6.07, 6.45) is 2.06. The molecule has 3 nitrogen and oxygen atoms in total. The Hall–Kier alpha value is -0.740. The van der Waals surface area contributed by atoms with Crippen LogP contribution in [0.15, 0.2) is 16.6 Å². The molecular weight excluding hydrogens is 328 g/mol. The summed E-state index contributed by atoms with van der Waals surface area (Å²) < 4.78 is 0.906. The highest BCUT2D eigenvalue weighted by Gasteiger charge is 2.08. The smallest absolute Gasteiger partial charge is 0.239 e. The Morgan fingerprint density at radius 1 is 1.47 bits per heavy atom. The van der Waals surface area contributed by atoms with Gasteiger partial charge in [-0.25, -0.2) is 0 Å². The summed E-state index contributed by atoms with van der Waals surface area (Å²) in [5.41, 5.74) is 1.83. The fourth-order valence-electron chi connectivity index (χ4n) is 1.79. The molecule has 0 radical (unpaired) electrons. The number of benzene rings is 1. The van der Waals surface area contributed by atoms with Gasteiger partial charge in [0.05, 0.1) is 12.2 Å². The summed E-state index contributed by atoms with van der Waals surface area (Å²) in [6, 6.07) is 3.97. The highest BCUT2D eigenvalue weighted by Crippen LogP contribution is 2.28. The van der Waals surface area contributed by atoms with Crippen LogP contribution < -0.4 is 10.6 Å². The molecule has 0 heterocycles. The van der Waals surface area contributed by atoms with Crippen molar-refractivity contribution < 1.29 is 4.79 Å². The van der Waals surface area contributed by atoms with Gasteiger partial charge in [0.25, 0.3) is 0 Å². The molecule has 0 aliphatic carbocycles. The molecule has 0 spiro atoms. The van der Waals surface area contributed by atoms with Crippen LogP contribution in [0.25, 0.3) is 0 Å². The molecule has 106 valence electrons. The van der Waals surface area contributed by atoms with Crippen molar-refractivity contribution in [2.45, 2.75) is 39.7 Å². The van der Waals surface area contributed by atoms with Crippen LogP contribution in [0.1, 0.15) is 32.3 Å². The molecule has 0 saturated heterocycles. The highest BCUT2D eigenvalue weighted by atomic mass is 79.9. The first-order chi connectivity index (χ1) is 8.93. The zero-order valence-electron chi connectivity index (χ0n) is 11.5. The molecule has 0 saturated carbocycles. The molecule has 1 aromatic rings. The normalized spacial score (nSPS) is 12.1. The molecule has 0 fully saturated rings. The first-order valence-electron chi connectivity index (χ1n) is 6.43. The maximum atomic E-state index is 11.7.